The summed E-state index contributed by atoms with van der Waals surface area (Å²) in [5.41, 5.74) is 2.78. The lowest BCUT2D eigenvalue weighted by molar-refractivity contribution is -0.373. The van der Waals surface area contributed by atoms with Gasteiger partial charge < -0.3 is 34.3 Å². The van der Waals surface area contributed by atoms with Crippen molar-refractivity contribution in [2.75, 3.05) is 39.6 Å². The minimum Gasteiger partial charge on any atom is -0.756 e. The van der Waals surface area contributed by atoms with Crippen LogP contribution in [0.1, 0.15) is 198 Å². The summed E-state index contributed by atoms with van der Waals surface area (Å²) in [6.07, 6.45) is 23.4. The van der Waals surface area contributed by atoms with E-state index < -0.39 is 19.5 Å². The molecular weight excluding hydrogens is 697 g/mol. The first-order valence-corrected chi connectivity index (χ1v) is 24.2. The van der Waals surface area contributed by atoms with Gasteiger partial charge >= 0.3 is 0 Å². The normalized spacial score (nSPS) is 18.0. The number of aliphatic hydroxyl groups is 1. The Morgan fingerprint density at radius 1 is 0.556 bits per heavy atom. The standard InChI is InChI=1S/C45H94NO7P/c1-37(2)17-11-19-39(5)21-13-23-41(7)24-15-26-43(9)28-32-50-35-44(36-53-54(48,49)52-34-31-46)51-33-30-45(10,47)29-16-27-42(8)25-14-22-40(6)20-12-18-38(3)4/h37-44,47H,11-36,46H2,1-10H3,(H,48,49)/t39-,40-,41-,42-,43-,44+,45-/m1/s1. The highest BCUT2D eigenvalue weighted by Gasteiger charge is 2.23. The molecule has 0 amide bonds. The second kappa shape index (κ2) is 32.9. The Hall–Kier alpha value is -0.0500. The van der Waals surface area contributed by atoms with Crippen LogP contribution in [0.2, 0.25) is 0 Å². The Morgan fingerprint density at radius 3 is 1.39 bits per heavy atom. The summed E-state index contributed by atoms with van der Waals surface area (Å²) < 4.78 is 34.2. The molecule has 0 rings (SSSR count). The fraction of sp³-hybridized carbons (Fsp3) is 1.00. The first-order chi connectivity index (χ1) is 25.4. The Balaban J connectivity index is 4.49. The van der Waals surface area contributed by atoms with Crippen LogP contribution in [0.5, 0.6) is 0 Å². The van der Waals surface area contributed by atoms with Crippen LogP contribution in [0.4, 0.5) is 0 Å². The molecule has 9 heteroatoms. The van der Waals surface area contributed by atoms with E-state index in [1.165, 1.54) is 96.3 Å². The van der Waals surface area contributed by atoms with Crippen LogP contribution in [-0.4, -0.2) is 56.4 Å². The van der Waals surface area contributed by atoms with Crippen molar-refractivity contribution in [2.45, 2.75) is 209 Å². The molecule has 0 saturated carbocycles. The maximum Gasteiger partial charge on any atom is 0.268 e. The van der Waals surface area contributed by atoms with Crippen molar-refractivity contribution in [1.82, 2.24) is 0 Å². The van der Waals surface area contributed by atoms with E-state index in [4.69, 9.17) is 18.5 Å². The molecule has 0 aliphatic carbocycles. The molecule has 0 saturated heterocycles. The van der Waals surface area contributed by atoms with Gasteiger partial charge in [-0.05, 0) is 67.6 Å². The van der Waals surface area contributed by atoms with Crippen LogP contribution in [-0.2, 0) is 23.1 Å². The molecule has 0 aliphatic rings. The van der Waals surface area contributed by atoms with Gasteiger partial charge in [-0.1, -0.05) is 171 Å². The molecule has 8 nitrogen and oxygen atoms in total. The van der Waals surface area contributed by atoms with Gasteiger partial charge in [-0.15, -0.1) is 0 Å². The lowest BCUT2D eigenvalue weighted by Gasteiger charge is -2.27. The van der Waals surface area contributed by atoms with Crippen LogP contribution in [0.15, 0.2) is 0 Å². The minimum atomic E-state index is -4.45. The van der Waals surface area contributed by atoms with E-state index >= 15 is 0 Å². The fourth-order valence-electron chi connectivity index (χ4n) is 7.35. The van der Waals surface area contributed by atoms with Gasteiger partial charge in [-0.2, -0.15) is 0 Å². The van der Waals surface area contributed by atoms with E-state index in [9.17, 15) is 14.6 Å². The van der Waals surface area contributed by atoms with E-state index in [1.54, 1.807) is 0 Å². The van der Waals surface area contributed by atoms with Crippen molar-refractivity contribution in [2.24, 2.45) is 41.4 Å². The first-order valence-electron chi connectivity index (χ1n) is 22.8. The second-order valence-electron chi connectivity index (χ2n) is 18.9. The number of hydrogen-bond acceptors (Lipinski definition) is 7. The Labute approximate surface area is 336 Å². The number of quaternary nitrogens is 1. The van der Waals surface area contributed by atoms with E-state index in [-0.39, 0.29) is 19.8 Å². The Bertz CT molecular complexity index is 888. The summed E-state index contributed by atoms with van der Waals surface area (Å²) in [5.74, 6) is 5.28. The predicted octanol–water partition coefficient (Wildman–Crippen LogP) is 11.2. The van der Waals surface area contributed by atoms with Crippen molar-refractivity contribution >= 4 is 7.82 Å². The van der Waals surface area contributed by atoms with Gasteiger partial charge in [0, 0.05) is 13.2 Å². The van der Waals surface area contributed by atoms with Crippen LogP contribution in [0.25, 0.3) is 0 Å². The molecule has 0 bridgehead atoms. The van der Waals surface area contributed by atoms with Gasteiger partial charge in [0.15, 0.2) is 0 Å². The molecule has 4 N–H and O–H groups in total. The topological polar surface area (TPSA) is 125 Å². The third kappa shape index (κ3) is 35.1. The number of phosphoric ester groups is 1. The summed E-state index contributed by atoms with van der Waals surface area (Å²) in [6.45, 7) is 24.2. The molecule has 54 heavy (non-hydrogen) atoms. The molecule has 0 aromatic carbocycles. The molecule has 0 spiro atoms. The monoisotopic (exact) mass is 792 g/mol. The zero-order valence-corrected chi connectivity index (χ0v) is 38.4. The van der Waals surface area contributed by atoms with Crippen LogP contribution in [0.3, 0.4) is 0 Å². The fourth-order valence-corrected chi connectivity index (χ4v) is 8.12. The molecule has 326 valence electrons. The van der Waals surface area contributed by atoms with Crippen molar-refractivity contribution in [3.05, 3.63) is 0 Å². The third-order valence-electron chi connectivity index (χ3n) is 11.4. The average molecular weight is 792 g/mol. The van der Waals surface area contributed by atoms with E-state index in [0.29, 0.717) is 44.4 Å². The number of rotatable bonds is 39. The van der Waals surface area contributed by atoms with Gasteiger partial charge in [0.05, 0.1) is 25.4 Å². The summed E-state index contributed by atoms with van der Waals surface area (Å²) in [6, 6.07) is 0. The van der Waals surface area contributed by atoms with Gasteiger partial charge in [0.2, 0.25) is 0 Å². The number of hydrogen-bond donors (Lipinski definition) is 2. The first kappa shape index (κ1) is 53.9. The maximum absolute atomic E-state index is 12.2. The maximum atomic E-state index is 12.2. The SMILES string of the molecule is CC(C)CCC[C@@H](C)CCC[C@@H](C)CCC[C@@H](C)CCOC[C@@H](COP(=O)([O-])OCC[NH3+])OCC[C@](C)(O)CCC[C@H](C)CCC[C@H](C)CCCC(C)C. The summed E-state index contributed by atoms with van der Waals surface area (Å²) in [5, 5.41) is 11.1. The van der Waals surface area contributed by atoms with E-state index in [0.717, 1.165) is 48.9 Å². The Kier molecular flexibility index (Phi) is 32.8. The highest BCUT2D eigenvalue weighted by molar-refractivity contribution is 7.45. The van der Waals surface area contributed by atoms with Crippen LogP contribution < -0.4 is 10.6 Å². The van der Waals surface area contributed by atoms with Crippen LogP contribution >= 0.6 is 7.82 Å². The zero-order valence-electron chi connectivity index (χ0n) is 37.6. The van der Waals surface area contributed by atoms with E-state index in [1.807, 2.05) is 6.92 Å². The van der Waals surface area contributed by atoms with Gasteiger partial charge in [-0.25, -0.2) is 0 Å². The van der Waals surface area contributed by atoms with Gasteiger partial charge in [0.25, 0.3) is 7.82 Å². The molecule has 0 heterocycles. The average Bonchev–Trinajstić information content (AvgIpc) is 3.07. The molecule has 0 aliphatic heterocycles. The third-order valence-corrected chi connectivity index (χ3v) is 12.4. The van der Waals surface area contributed by atoms with Crippen molar-refractivity contribution in [3.63, 3.8) is 0 Å². The lowest BCUT2D eigenvalue weighted by atomic mass is 9.89. The minimum absolute atomic E-state index is 0.0176. The number of ether oxygens (including phenoxy) is 2. The van der Waals surface area contributed by atoms with E-state index in [2.05, 4.69) is 68.0 Å². The second-order valence-corrected chi connectivity index (χ2v) is 20.3. The molecule has 0 fully saturated rings. The highest BCUT2D eigenvalue weighted by atomic mass is 31.2. The highest BCUT2D eigenvalue weighted by Crippen LogP contribution is 2.38. The Morgan fingerprint density at radius 2 is 0.963 bits per heavy atom. The largest absolute Gasteiger partial charge is 0.756 e. The summed E-state index contributed by atoms with van der Waals surface area (Å²) >= 11 is 0. The van der Waals surface area contributed by atoms with Gasteiger partial charge in [-0.3, -0.25) is 4.57 Å². The van der Waals surface area contributed by atoms with Crippen molar-refractivity contribution in [1.29, 1.82) is 0 Å². The van der Waals surface area contributed by atoms with Crippen molar-refractivity contribution < 1.29 is 38.8 Å². The predicted molar refractivity (Wildman–Crippen MR) is 226 cm³/mol. The molecule has 1 unspecified atom stereocenters. The molecule has 8 atom stereocenters. The van der Waals surface area contributed by atoms with Gasteiger partial charge in [0.1, 0.15) is 12.7 Å². The molecule has 0 aromatic rings. The summed E-state index contributed by atoms with van der Waals surface area (Å²) in [4.78, 5) is 12.2. The smallest absolute Gasteiger partial charge is 0.268 e. The summed E-state index contributed by atoms with van der Waals surface area (Å²) in [7, 11) is -4.45. The van der Waals surface area contributed by atoms with Crippen LogP contribution in [0, 0.1) is 41.4 Å². The number of phosphoric acid groups is 1. The quantitative estimate of drug-likeness (QED) is 0.0469. The lowest BCUT2D eigenvalue weighted by Crippen LogP contribution is -2.52. The molecular formula is C45H94NO7P. The molecule has 0 radical (unpaired) electrons. The van der Waals surface area contributed by atoms with Crippen molar-refractivity contribution in [3.8, 4) is 0 Å². The zero-order chi connectivity index (χ0) is 40.8. The molecule has 0 aromatic heterocycles.